The molecule has 0 amide bonds. The number of carbonyl (C=O) groups is 1. The van der Waals surface area contributed by atoms with Gasteiger partial charge in [0, 0.05) is 11.6 Å². The maximum absolute atomic E-state index is 10.9. The van der Waals surface area contributed by atoms with Crippen molar-refractivity contribution in [3.8, 4) is 17.1 Å². The van der Waals surface area contributed by atoms with Crippen LogP contribution in [0.4, 0.5) is 0 Å². The lowest BCUT2D eigenvalue weighted by Gasteiger charge is -2.06. The summed E-state index contributed by atoms with van der Waals surface area (Å²) in [5.74, 6) is 1.08. The van der Waals surface area contributed by atoms with E-state index in [4.69, 9.17) is 9.47 Å². The standard InChI is InChI=1S/C22H28N2O3/c1-2-21(25)27-16-12-7-5-3-4-6-11-15-26-20-17-23-22(24-18-20)19-13-9-8-10-14-19/h2,8-10,13-14,17-18H,1,3-7,11-12,15-16H2. The van der Waals surface area contributed by atoms with Gasteiger partial charge in [-0.3, -0.25) is 0 Å². The van der Waals surface area contributed by atoms with Crippen LogP contribution in [0.15, 0.2) is 55.4 Å². The van der Waals surface area contributed by atoms with E-state index in [0.717, 1.165) is 31.2 Å². The fraction of sp³-hybridized carbons (Fsp3) is 0.409. The Bertz CT molecular complexity index is 672. The van der Waals surface area contributed by atoms with E-state index in [1.165, 1.54) is 25.3 Å². The van der Waals surface area contributed by atoms with Crippen molar-refractivity contribution in [3.05, 3.63) is 55.4 Å². The lowest BCUT2D eigenvalue weighted by atomic mass is 10.1. The van der Waals surface area contributed by atoms with Crippen molar-refractivity contribution < 1.29 is 14.3 Å². The molecule has 0 bridgehead atoms. The zero-order valence-corrected chi connectivity index (χ0v) is 15.8. The van der Waals surface area contributed by atoms with Crippen LogP contribution in [0.5, 0.6) is 5.75 Å². The van der Waals surface area contributed by atoms with Crippen molar-refractivity contribution in [1.29, 1.82) is 0 Å². The van der Waals surface area contributed by atoms with Gasteiger partial charge in [0.2, 0.25) is 0 Å². The highest BCUT2D eigenvalue weighted by atomic mass is 16.5. The number of carbonyl (C=O) groups excluding carboxylic acids is 1. The summed E-state index contributed by atoms with van der Waals surface area (Å²) in [7, 11) is 0. The molecule has 2 aromatic rings. The molecule has 5 heteroatoms. The average molecular weight is 368 g/mol. The Labute approximate surface area is 161 Å². The molecule has 0 N–H and O–H groups in total. The van der Waals surface area contributed by atoms with Gasteiger partial charge in [0.25, 0.3) is 0 Å². The van der Waals surface area contributed by atoms with E-state index in [1.807, 2.05) is 30.3 Å². The van der Waals surface area contributed by atoms with Gasteiger partial charge in [-0.25, -0.2) is 14.8 Å². The van der Waals surface area contributed by atoms with E-state index >= 15 is 0 Å². The monoisotopic (exact) mass is 368 g/mol. The maximum Gasteiger partial charge on any atom is 0.330 e. The van der Waals surface area contributed by atoms with E-state index in [9.17, 15) is 4.79 Å². The van der Waals surface area contributed by atoms with Gasteiger partial charge in [0.15, 0.2) is 11.6 Å². The normalized spacial score (nSPS) is 10.4. The van der Waals surface area contributed by atoms with Crippen LogP contribution >= 0.6 is 0 Å². The van der Waals surface area contributed by atoms with E-state index in [0.29, 0.717) is 24.8 Å². The molecule has 5 nitrogen and oxygen atoms in total. The minimum Gasteiger partial charge on any atom is -0.490 e. The Morgan fingerprint density at radius 3 is 2.11 bits per heavy atom. The summed E-state index contributed by atoms with van der Waals surface area (Å²) in [5.41, 5.74) is 1.00. The van der Waals surface area contributed by atoms with Crippen molar-refractivity contribution >= 4 is 5.97 Å². The lowest BCUT2D eigenvalue weighted by Crippen LogP contribution is -2.01. The van der Waals surface area contributed by atoms with Crippen molar-refractivity contribution in [2.75, 3.05) is 13.2 Å². The highest BCUT2D eigenvalue weighted by Crippen LogP contribution is 2.16. The molecule has 0 unspecified atom stereocenters. The molecule has 0 spiro atoms. The molecular weight excluding hydrogens is 340 g/mol. The van der Waals surface area contributed by atoms with Gasteiger partial charge in [-0.2, -0.15) is 0 Å². The predicted molar refractivity (Wildman–Crippen MR) is 106 cm³/mol. The third-order valence-corrected chi connectivity index (χ3v) is 4.13. The zero-order valence-electron chi connectivity index (χ0n) is 15.8. The summed E-state index contributed by atoms with van der Waals surface area (Å²) in [4.78, 5) is 19.6. The van der Waals surface area contributed by atoms with Crippen LogP contribution in [0.1, 0.15) is 44.9 Å². The van der Waals surface area contributed by atoms with Crippen LogP contribution in [0, 0.1) is 0 Å². The summed E-state index contributed by atoms with van der Waals surface area (Å²) < 4.78 is 10.6. The molecule has 144 valence electrons. The largest absolute Gasteiger partial charge is 0.490 e. The average Bonchev–Trinajstić information content (AvgIpc) is 2.73. The van der Waals surface area contributed by atoms with Crippen molar-refractivity contribution in [2.45, 2.75) is 44.9 Å². The number of benzene rings is 1. The van der Waals surface area contributed by atoms with Crippen molar-refractivity contribution in [2.24, 2.45) is 0 Å². The Morgan fingerprint density at radius 2 is 1.48 bits per heavy atom. The molecule has 0 aliphatic rings. The first kappa shape index (κ1) is 20.6. The summed E-state index contributed by atoms with van der Waals surface area (Å²) in [6, 6.07) is 9.90. The van der Waals surface area contributed by atoms with Gasteiger partial charge in [-0.15, -0.1) is 0 Å². The fourth-order valence-corrected chi connectivity index (χ4v) is 2.64. The summed E-state index contributed by atoms with van der Waals surface area (Å²) in [5, 5.41) is 0. The highest BCUT2D eigenvalue weighted by molar-refractivity contribution is 5.81. The summed E-state index contributed by atoms with van der Waals surface area (Å²) in [6.45, 7) is 4.54. The Kier molecular flexibility index (Phi) is 9.64. The van der Waals surface area contributed by atoms with Gasteiger partial charge >= 0.3 is 5.97 Å². The van der Waals surface area contributed by atoms with Crippen LogP contribution in [-0.4, -0.2) is 29.2 Å². The lowest BCUT2D eigenvalue weighted by molar-refractivity contribution is -0.137. The molecule has 1 aromatic carbocycles. The number of hydrogen-bond donors (Lipinski definition) is 0. The SMILES string of the molecule is C=CC(=O)OCCCCCCCCCOc1cnc(-c2ccccc2)nc1. The Balaban J connectivity index is 1.47. The molecule has 0 atom stereocenters. The predicted octanol–water partition coefficient (Wildman–Crippen LogP) is 4.98. The molecule has 0 saturated heterocycles. The first-order chi connectivity index (χ1) is 13.3. The molecule has 0 aliphatic carbocycles. The van der Waals surface area contributed by atoms with Gasteiger partial charge in [-0.05, 0) is 12.8 Å². The number of rotatable bonds is 13. The Morgan fingerprint density at radius 1 is 0.889 bits per heavy atom. The molecule has 0 fully saturated rings. The number of unbranched alkanes of at least 4 members (excludes halogenated alkanes) is 6. The van der Waals surface area contributed by atoms with Crippen molar-refractivity contribution in [3.63, 3.8) is 0 Å². The quantitative estimate of drug-likeness (QED) is 0.283. The minimum atomic E-state index is -0.338. The van der Waals surface area contributed by atoms with Crippen molar-refractivity contribution in [1.82, 2.24) is 9.97 Å². The number of ether oxygens (including phenoxy) is 2. The first-order valence-corrected chi connectivity index (χ1v) is 9.59. The van der Waals surface area contributed by atoms with E-state index < -0.39 is 0 Å². The number of hydrogen-bond acceptors (Lipinski definition) is 5. The molecule has 27 heavy (non-hydrogen) atoms. The van der Waals surface area contributed by atoms with Crippen LogP contribution in [-0.2, 0) is 9.53 Å². The van der Waals surface area contributed by atoms with Gasteiger partial charge < -0.3 is 9.47 Å². The van der Waals surface area contributed by atoms with E-state index in [1.54, 1.807) is 12.4 Å². The molecule has 0 saturated carbocycles. The van der Waals surface area contributed by atoms with Gasteiger partial charge in [0.1, 0.15) is 0 Å². The topological polar surface area (TPSA) is 61.3 Å². The molecule has 0 radical (unpaired) electrons. The maximum atomic E-state index is 10.9. The van der Waals surface area contributed by atoms with E-state index in [2.05, 4.69) is 16.5 Å². The number of nitrogens with zero attached hydrogens (tertiary/aromatic N) is 2. The summed E-state index contributed by atoms with van der Waals surface area (Å²) >= 11 is 0. The molecule has 2 rings (SSSR count). The third-order valence-electron chi connectivity index (χ3n) is 4.13. The van der Waals surface area contributed by atoms with Crippen LogP contribution in [0.3, 0.4) is 0 Å². The second-order valence-corrected chi connectivity index (χ2v) is 6.30. The van der Waals surface area contributed by atoms with Crippen LogP contribution in [0.2, 0.25) is 0 Å². The summed E-state index contributed by atoms with van der Waals surface area (Å²) in [6.07, 6.45) is 12.4. The van der Waals surface area contributed by atoms with Crippen LogP contribution < -0.4 is 4.74 Å². The molecular formula is C22H28N2O3. The molecule has 1 aromatic heterocycles. The highest BCUT2D eigenvalue weighted by Gasteiger charge is 2.01. The second-order valence-electron chi connectivity index (χ2n) is 6.30. The zero-order chi connectivity index (χ0) is 19.2. The number of aromatic nitrogens is 2. The van der Waals surface area contributed by atoms with E-state index in [-0.39, 0.29) is 5.97 Å². The van der Waals surface area contributed by atoms with Gasteiger partial charge in [0.05, 0.1) is 25.6 Å². The van der Waals surface area contributed by atoms with Gasteiger partial charge in [-0.1, -0.05) is 69.0 Å². The van der Waals surface area contributed by atoms with Crippen LogP contribution in [0.25, 0.3) is 11.4 Å². The second kappa shape index (κ2) is 12.6. The Hall–Kier alpha value is -2.69. The smallest absolute Gasteiger partial charge is 0.330 e. The number of esters is 1. The third kappa shape index (κ3) is 8.49. The fourth-order valence-electron chi connectivity index (χ4n) is 2.64. The minimum absolute atomic E-state index is 0.338. The molecule has 1 heterocycles. The molecule has 0 aliphatic heterocycles. The first-order valence-electron chi connectivity index (χ1n) is 9.59.